The highest BCUT2D eigenvalue weighted by Crippen LogP contribution is 2.14. The van der Waals surface area contributed by atoms with Crippen molar-refractivity contribution in [3.63, 3.8) is 0 Å². The summed E-state index contributed by atoms with van der Waals surface area (Å²) in [4.78, 5) is 0. The Bertz CT molecular complexity index is 87.2. The lowest BCUT2D eigenvalue weighted by Crippen LogP contribution is -1.97. The molecule has 0 saturated carbocycles. The summed E-state index contributed by atoms with van der Waals surface area (Å²) in [6, 6.07) is 0. The first-order valence-corrected chi connectivity index (χ1v) is 4.42. The van der Waals surface area contributed by atoms with Crippen LogP contribution in [-0.4, -0.2) is 5.33 Å². The Labute approximate surface area is 66.5 Å². The molecule has 0 aliphatic heterocycles. The van der Waals surface area contributed by atoms with E-state index < -0.39 is 0 Å². The summed E-state index contributed by atoms with van der Waals surface area (Å²) in [6.07, 6.45) is 5.60. The fourth-order valence-electron chi connectivity index (χ4n) is 0.500. The van der Waals surface area contributed by atoms with Crippen LogP contribution >= 0.6 is 15.9 Å². The summed E-state index contributed by atoms with van der Waals surface area (Å²) >= 11 is 3.37. The minimum absolute atomic E-state index is 0.349. The molecular formula is C8H15Br. The van der Waals surface area contributed by atoms with Crippen molar-refractivity contribution in [3.8, 4) is 0 Å². The minimum Gasteiger partial charge on any atom is -0.0925 e. The van der Waals surface area contributed by atoms with Crippen LogP contribution in [0, 0.1) is 5.41 Å². The number of alkyl halides is 1. The van der Waals surface area contributed by atoms with Gasteiger partial charge in [-0.1, -0.05) is 48.9 Å². The van der Waals surface area contributed by atoms with Gasteiger partial charge in [0.1, 0.15) is 0 Å². The second kappa shape index (κ2) is 4.10. The number of hydrogen-bond acceptors (Lipinski definition) is 0. The molecule has 0 radical (unpaired) electrons. The van der Waals surface area contributed by atoms with Gasteiger partial charge in [-0.15, -0.1) is 0 Å². The maximum Gasteiger partial charge on any atom is 0.00659 e. The second-order valence-electron chi connectivity index (χ2n) is 3.25. The summed E-state index contributed by atoms with van der Waals surface area (Å²) in [5, 5.41) is 1.07. The maximum absolute atomic E-state index is 3.37. The van der Waals surface area contributed by atoms with E-state index in [0.29, 0.717) is 5.41 Å². The molecule has 9 heavy (non-hydrogen) atoms. The van der Waals surface area contributed by atoms with Crippen LogP contribution < -0.4 is 0 Å². The molecule has 0 fully saturated rings. The Hall–Kier alpha value is 0.220. The number of allylic oxidation sites excluding steroid dienone is 2. The smallest absolute Gasteiger partial charge is 0.00659 e. The first kappa shape index (κ1) is 9.22. The highest BCUT2D eigenvalue weighted by Gasteiger charge is 2.01. The lowest BCUT2D eigenvalue weighted by Gasteiger charge is -2.10. The molecule has 0 atom stereocenters. The van der Waals surface area contributed by atoms with Gasteiger partial charge in [0.2, 0.25) is 0 Å². The molecule has 0 amide bonds. The van der Waals surface area contributed by atoms with Crippen LogP contribution in [0.2, 0.25) is 0 Å². The third-order valence-corrected chi connectivity index (χ3v) is 1.35. The highest BCUT2D eigenvalue weighted by atomic mass is 79.9. The van der Waals surface area contributed by atoms with Crippen molar-refractivity contribution in [2.75, 3.05) is 5.33 Å². The highest BCUT2D eigenvalue weighted by molar-refractivity contribution is 9.09. The lowest BCUT2D eigenvalue weighted by atomic mass is 9.96. The van der Waals surface area contributed by atoms with E-state index in [-0.39, 0.29) is 0 Å². The van der Waals surface area contributed by atoms with E-state index in [4.69, 9.17) is 0 Å². The zero-order valence-corrected chi connectivity index (χ0v) is 8.03. The quantitative estimate of drug-likeness (QED) is 0.463. The Morgan fingerprint density at radius 2 is 1.89 bits per heavy atom. The van der Waals surface area contributed by atoms with Crippen LogP contribution in [0.3, 0.4) is 0 Å². The van der Waals surface area contributed by atoms with Crippen LogP contribution in [0.5, 0.6) is 0 Å². The Kier molecular flexibility index (Phi) is 4.20. The zero-order chi connectivity index (χ0) is 7.33. The fourth-order valence-corrected chi connectivity index (χ4v) is 0.764. The van der Waals surface area contributed by atoms with Gasteiger partial charge in [0.05, 0.1) is 0 Å². The van der Waals surface area contributed by atoms with Crippen LogP contribution in [0.4, 0.5) is 0 Å². The van der Waals surface area contributed by atoms with Gasteiger partial charge in [0, 0.05) is 5.33 Å². The molecule has 1 heteroatoms. The topological polar surface area (TPSA) is 0 Å². The third-order valence-electron chi connectivity index (χ3n) is 0.894. The molecule has 0 aromatic carbocycles. The molecule has 0 aromatic rings. The van der Waals surface area contributed by atoms with E-state index in [2.05, 4.69) is 48.9 Å². The summed E-state index contributed by atoms with van der Waals surface area (Å²) in [5.41, 5.74) is 0.349. The molecule has 0 aliphatic rings. The molecule has 0 heterocycles. The molecule has 0 N–H and O–H groups in total. The van der Waals surface area contributed by atoms with Crippen molar-refractivity contribution in [2.24, 2.45) is 5.41 Å². The molecule has 0 bridgehead atoms. The largest absolute Gasteiger partial charge is 0.0925 e. The monoisotopic (exact) mass is 190 g/mol. The summed E-state index contributed by atoms with van der Waals surface area (Å²) in [7, 11) is 0. The molecular weight excluding hydrogens is 176 g/mol. The second-order valence-corrected chi connectivity index (χ2v) is 4.04. The molecule has 0 nitrogen and oxygen atoms in total. The molecule has 0 aliphatic carbocycles. The van der Waals surface area contributed by atoms with Crippen molar-refractivity contribution in [1.82, 2.24) is 0 Å². The molecule has 0 aromatic heterocycles. The Morgan fingerprint density at radius 3 is 2.22 bits per heavy atom. The fraction of sp³-hybridized carbons (Fsp3) is 0.750. The van der Waals surface area contributed by atoms with Crippen LogP contribution in [0.25, 0.3) is 0 Å². The number of halogens is 1. The van der Waals surface area contributed by atoms with Crippen molar-refractivity contribution in [2.45, 2.75) is 27.2 Å². The van der Waals surface area contributed by atoms with E-state index >= 15 is 0 Å². The standard InChI is InChI=1S/C8H15Br/c1-8(2,3)6-4-5-7-9/h4,6H,5,7H2,1-3H3/b6-4+. The Morgan fingerprint density at radius 1 is 1.33 bits per heavy atom. The van der Waals surface area contributed by atoms with E-state index in [1.807, 2.05) is 0 Å². The van der Waals surface area contributed by atoms with Gasteiger partial charge in [-0.2, -0.15) is 0 Å². The van der Waals surface area contributed by atoms with E-state index in [0.717, 1.165) is 11.8 Å². The first-order chi connectivity index (χ1) is 4.06. The number of hydrogen-bond donors (Lipinski definition) is 0. The molecule has 54 valence electrons. The van der Waals surface area contributed by atoms with Gasteiger partial charge in [-0.05, 0) is 11.8 Å². The molecule has 0 spiro atoms. The average Bonchev–Trinajstić information content (AvgIpc) is 1.63. The van der Waals surface area contributed by atoms with Gasteiger partial charge in [0.15, 0.2) is 0 Å². The van der Waals surface area contributed by atoms with Gasteiger partial charge in [-0.3, -0.25) is 0 Å². The Balaban J connectivity index is 3.45. The van der Waals surface area contributed by atoms with Crippen LogP contribution in [0.1, 0.15) is 27.2 Å². The van der Waals surface area contributed by atoms with Gasteiger partial charge in [0.25, 0.3) is 0 Å². The van der Waals surface area contributed by atoms with Gasteiger partial charge in [-0.25, -0.2) is 0 Å². The van der Waals surface area contributed by atoms with Gasteiger partial charge >= 0.3 is 0 Å². The van der Waals surface area contributed by atoms with Crippen molar-refractivity contribution in [3.05, 3.63) is 12.2 Å². The van der Waals surface area contributed by atoms with Crippen molar-refractivity contribution >= 4 is 15.9 Å². The summed E-state index contributed by atoms with van der Waals surface area (Å²) in [5.74, 6) is 0. The zero-order valence-electron chi connectivity index (χ0n) is 6.45. The van der Waals surface area contributed by atoms with Crippen molar-refractivity contribution in [1.29, 1.82) is 0 Å². The van der Waals surface area contributed by atoms with Crippen LogP contribution in [0.15, 0.2) is 12.2 Å². The van der Waals surface area contributed by atoms with E-state index in [9.17, 15) is 0 Å². The predicted molar refractivity (Wildman–Crippen MR) is 47.0 cm³/mol. The molecule has 0 rings (SSSR count). The third kappa shape index (κ3) is 8.22. The summed E-state index contributed by atoms with van der Waals surface area (Å²) in [6.45, 7) is 6.62. The molecule has 0 saturated heterocycles. The number of rotatable bonds is 2. The predicted octanol–water partition coefficient (Wildman–Crippen LogP) is 3.37. The van der Waals surface area contributed by atoms with E-state index in [1.165, 1.54) is 0 Å². The van der Waals surface area contributed by atoms with Crippen LogP contribution in [-0.2, 0) is 0 Å². The summed E-state index contributed by atoms with van der Waals surface area (Å²) < 4.78 is 0. The first-order valence-electron chi connectivity index (χ1n) is 3.30. The lowest BCUT2D eigenvalue weighted by molar-refractivity contribution is 0.542. The normalized spacial score (nSPS) is 12.9. The maximum atomic E-state index is 3.37. The van der Waals surface area contributed by atoms with Crippen molar-refractivity contribution < 1.29 is 0 Å². The average molecular weight is 191 g/mol. The van der Waals surface area contributed by atoms with E-state index in [1.54, 1.807) is 0 Å². The van der Waals surface area contributed by atoms with Gasteiger partial charge < -0.3 is 0 Å². The minimum atomic E-state index is 0.349. The SMILES string of the molecule is CC(C)(C)/C=C/CCBr. The molecule has 0 unspecified atom stereocenters.